The maximum atomic E-state index is 13.1. The molecule has 96 valence electrons. The number of nitrogens with one attached hydrogen (secondary N) is 2. The summed E-state index contributed by atoms with van der Waals surface area (Å²) in [6.45, 7) is 6.43. The molecular formula is C11H24FN3O. The summed E-state index contributed by atoms with van der Waals surface area (Å²) >= 11 is 0. The Hall–Kier alpha value is -0.680. The van der Waals surface area contributed by atoms with Gasteiger partial charge in [-0.15, -0.1) is 9.60 Å². The summed E-state index contributed by atoms with van der Waals surface area (Å²) in [5, 5.41) is 6.52. The third kappa shape index (κ3) is 6.74. The molecule has 0 aliphatic carbocycles. The lowest BCUT2D eigenvalue weighted by Gasteiger charge is -2.20. The van der Waals surface area contributed by atoms with Crippen LogP contribution in [0, 0.1) is 0 Å². The van der Waals surface area contributed by atoms with E-state index in [-0.39, 0.29) is 6.04 Å². The van der Waals surface area contributed by atoms with Crippen LogP contribution in [0.2, 0.25) is 0 Å². The molecule has 5 heteroatoms. The van der Waals surface area contributed by atoms with Crippen molar-refractivity contribution in [3.63, 3.8) is 0 Å². The van der Waals surface area contributed by atoms with E-state index in [0.29, 0.717) is 25.0 Å². The molecule has 1 amide bonds. The molecule has 1 saturated heterocycles. The van der Waals surface area contributed by atoms with Gasteiger partial charge in [0.15, 0.2) is 0 Å². The smallest absolute Gasteiger partial charge is 0.206 e. The standard InChI is InChI=1S/C9H19FN2.C2H5NO/c1-7(2)12(10)6-9-5-4-8(3)11-9;1-3-2-4/h7-9,11H,4-6H2,1-3H3;2H,1H3,(H,3,4). The minimum atomic E-state index is 0.00251. The molecule has 4 nitrogen and oxygen atoms in total. The molecule has 0 aromatic heterocycles. The van der Waals surface area contributed by atoms with Crippen LogP contribution in [0.15, 0.2) is 0 Å². The van der Waals surface area contributed by atoms with Gasteiger partial charge in [0.2, 0.25) is 6.41 Å². The number of carbonyl (C=O) groups excluding carboxylic acids is 1. The Morgan fingerprint density at radius 1 is 1.56 bits per heavy atom. The van der Waals surface area contributed by atoms with E-state index in [9.17, 15) is 4.48 Å². The second-order valence-corrected chi connectivity index (χ2v) is 4.42. The molecule has 0 aromatic rings. The first-order valence-corrected chi connectivity index (χ1v) is 5.80. The molecule has 0 aromatic carbocycles. The van der Waals surface area contributed by atoms with Crippen LogP contribution in [0.5, 0.6) is 0 Å². The van der Waals surface area contributed by atoms with Gasteiger partial charge in [0, 0.05) is 31.7 Å². The molecule has 2 N–H and O–H groups in total. The molecule has 1 aliphatic heterocycles. The number of hydrogen-bond donors (Lipinski definition) is 2. The zero-order valence-electron chi connectivity index (χ0n) is 10.7. The highest BCUT2D eigenvalue weighted by Crippen LogP contribution is 2.13. The van der Waals surface area contributed by atoms with Crippen LogP contribution in [-0.4, -0.2) is 43.3 Å². The van der Waals surface area contributed by atoms with Gasteiger partial charge in [0.1, 0.15) is 0 Å². The van der Waals surface area contributed by atoms with E-state index in [4.69, 9.17) is 4.79 Å². The van der Waals surface area contributed by atoms with Gasteiger partial charge in [-0.2, -0.15) is 0 Å². The highest BCUT2D eigenvalue weighted by atomic mass is 19.2. The fourth-order valence-corrected chi connectivity index (χ4v) is 1.59. The van der Waals surface area contributed by atoms with Gasteiger partial charge in [0.05, 0.1) is 0 Å². The molecule has 0 spiro atoms. The summed E-state index contributed by atoms with van der Waals surface area (Å²) in [7, 11) is 1.56. The van der Waals surface area contributed by atoms with E-state index in [0.717, 1.165) is 11.5 Å². The van der Waals surface area contributed by atoms with Gasteiger partial charge in [-0.1, -0.05) is 0 Å². The predicted octanol–water partition coefficient (Wildman–Crippen LogP) is 1.08. The van der Waals surface area contributed by atoms with Gasteiger partial charge >= 0.3 is 0 Å². The third-order valence-electron chi connectivity index (χ3n) is 2.54. The van der Waals surface area contributed by atoms with Crippen molar-refractivity contribution in [2.75, 3.05) is 13.6 Å². The molecule has 1 aliphatic rings. The van der Waals surface area contributed by atoms with Gasteiger partial charge < -0.3 is 10.6 Å². The Kier molecular flexibility index (Phi) is 8.11. The number of rotatable bonds is 4. The fourth-order valence-electron chi connectivity index (χ4n) is 1.59. The first kappa shape index (κ1) is 15.3. The highest BCUT2D eigenvalue weighted by Gasteiger charge is 2.23. The molecule has 1 rings (SSSR count). The van der Waals surface area contributed by atoms with Gasteiger partial charge in [-0.3, -0.25) is 4.79 Å². The molecular weight excluding hydrogens is 209 g/mol. The molecule has 2 unspecified atom stereocenters. The second-order valence-electron chi connectivity index (χ2n) is 4.42. The second kappa shape index (κ2) is 8.47. The Morgan fingerprint density at radius 3 is 2.44 bits per heavy atom. The average Bonchev–Trinajstić information content (AvgIpc) is 2.64. The van der Waals surface area contributed by atoms with E-state index in [1.807, 2.05) is 13.8 Å². The van der Waals surface area contributed by atoms with Crippen molar-refractivity contribution in [1.82, 2.24) is 15.8 Å². The Morgan fingerprint density at radius 2 is 2.12 bits per heavy atom. The Bertz CT molecular complexity index is 190. The fraction of sp³-hybridized carbons (Fsp3) is 0.909. The summed E-state index contributed by atoms with van der Waals surface area (Å²) in [5.41, 5.74) is 0. The maximum Gasteiger partial charge on any atom is 0.206 e. The SMILES string of the molecule is CC1CCC(CN(F)C(C)C)N1.CNC=O. The lowest BCUT2D eigenvalue weighted by Crippen LogP contribution is -2.38. The van der Waals surface area contributed by atoms with E-state index < -0.39 is 0 Å². The Labute approximate surface area is 97.5 Å². The molecule has 1 heterocycles. The van der Waals surface area contributed by atoms with Crippen molar-refractivity contribution < 1.29 is 9.28 Å². The summed E-state index contributed by atoms with van der Waals surface area (Å²) in [6.07, 6.45) is 2.91. The van der Waals surface area contributed by atoms with Crippen LogP contribution < -0.4 is 10.6 Å². The molecule has 16 heavy (non-hydrogen) atoms. The van der Waals surface area contributed by atoms with E-state index in [1.165, 1.54) is 6.42 Å². The quantitative estimate of drug-likeness (QED) is 0.564. The van der Waals surface area contributed by atoms with E-state index in [2.05, 4.69) is 17.6 Å². The molecule has 0 saturated carbocycles. The van der Waals surface area contributed by atoms with Gasteiger partial charge in [-0.05, 0) is 33.6 Å². The van der Waals surface area contributed by atoms with Crippen molar-refractivity contribution in [3.8, 4) is 0 Å². The van der Waals surface area contributed by atoms with Crippen LogP contribution >= 0.6 is 0 Å². The topological polar surface area (TPSA) is 44.4 Å². The lowest BCUT2D eigenvalue weighted by molar-refractivity contribution is -0.109. The molecule has 2 atom stereocenters. The predicted molar refractivity (Wildman–Crippen MR) is 63.7 cm³/mol. The number of amides is 1. The minimum Gasteiger partial charge on any atom is -0.362 e. The van der Waals surface area contributed by atoms with Gasteiger partial charge in [0.25, 0.3) is 0 Å². The monoisotopic (exact) mass is 233 g/mol. The summed E-state index contributed by atoms with van der Waals surface area (Å²) in [5.74, 6) is 0. The van der Waals surface area contributed by atoms with Crippen molar-refractivity contribution in [2.24, 2.45) is 0 Å². The summed E-state index contributed by atoms with van der Waals surface area (Å²) in [4.78, 5) is 9.06. The maximum absolute atomic E-state index is 13.1. The molecule has 0 bridgehead atoms. The van der Waals surface area contributed by atoms with Crippen LogP contribution in [0.25, 0.3) is 0 Å². The highest BCUT2D eigenvalue weighted by molar-refractivity contribution is 5.44. The lowest BCUT2D eigenvalue weighted by atomic mass is 10.2. The van der Waals surface area contributed by atoms with E-state index in [1.54, 1.807) is 7.05 Å². The van der Waals surface area contributed by atoms with E-state index >= 15 is 0 Å². The number of carbonyl (C=O) groups is 1. The number of nitrogens with zero attached hydrogens (tertiary/aromatic N) is 1. The van der Waals surface area contributed by atoms with Crippen molar-refractivity contribution in [1.29, 1.82) is 0 Å². The largest absolute Gasteiger partial charge is 0.362 e. The van der Waals surface area contributed by atoms with Crippen molar-refractivity contribution in [2.45, 2.75) is 51.7 Å². The van der Waals surface area contributed by atoms with Crippen LogP contribution in [0.3, 0.4) is 0 Å². The number of hydrogen-bond acceptors (Lipinski definition) is 3. The summed E-state index contributed by atoms with van der Waals surface area (Å²) < 4.78 is 13.1. The minimum absolute atomic E-state index is 0.00251. The average molecular weight is 233 g/mol. The van der Waals surface area contributed by atoms with Crippen LogP contribution in [-0.2, 0) is 4.79 Å². The van der Waals surface area contributed by atoms with Crippen molar-refractivity contribution >= 4 is 6.41 Å². The zero-order valence-corrected chi connectivity index (χ0v) is 10.7. The van der Waals surface area contributed by atoms with Crippen LogP contribution in [0.1, 0.15) is 33.6 Å². The first-order valence-electron chi connectivity index (χ1n) is 5.80. The van der Waals surface area contributed by atoms with Gasteiger partial charge in [-0.25, -0.2) is 0 Å². The molecule has 1 fully saturated rings. The third-order valence-corrected chi connectivity index (χ3v) is 2.54. The molecule has 0 radical (unpaired) electrons. The zero-order chi connectivity index (χ0) is 12.6. The number of halogens is 1. The first-order chi connectivity index (χ1) is 7.51. The van der Waals surface area contributed by atoms with Crippen LogP contribution in [0.4, 0.5) is 4.48 Å². The summed E-state index contributed by atoms with van der Waals surface area (Å²) in [6, 6.07) is 0.922. The van der Waals surface area contributed by atoms with Crippen molar-refractivity contribution in [3.05, 3.63) is 0 Å². The Balaban J connectivity index is 0.000000487. The normalized spacial score (nSPS) is 24.2.